The third-order valence-corrected chi connectivity index (χ3v) is 3.00. The van der Waals surface area contributed by atoms with Gasteiger partial charge in [0.25, 0.3) is 0 Å². The summed E-state index contributed by atoms with van der Waals surface area (Å²) in [5, 5.41) is 8.56. The molecule has 0 aliphatic heterocycles. The van der Waals surface area contributed by atoms with Crippen LogP contribution in [0.25, 0.3) is 11.0 Å². The molecule has 0 atom stereocenters. The van der Waals surface area contributed by atoms with Gasteiger partial charge < -0.3 is 5.32 Å². The third-order valence-electron chi connectivity index (χ3n) is 2.45. The van der Waals surface area contributed by atoms with E-state index in [1.165, 1.54) is 0 Å². The van der Waals surface area contributed by atoms with Crippen LogP contribution in [0.4, 0.5) is 5.82 Å². The molecular formula is C11H17N5S. The Morgan fingerprint density at radius 3 is 2.94 bits per heavy atom. The first kappa shape index (κ1) is 12.2. The number of aromatic nitrogens is 4. The second-order valence-electron chi connectivity index (χ2n) is 3.85. The predicted octanol–water partition coefficient (Wildman–Crippen LogP) is 2.05. The SMILES string of the molecule is CCCNc1nc(CSC)nc2c1cnn2C. The molecule has 0 spiro atoms. The summed E-state index contributed by atoms with van der Waals surface area (Å²) < 4.78 is 1.79. The van der Waals surface area contributed by atoms with Gasteiger partial charge in [-0.15, -0.1) is 0 Å². The van der Waals surface area contributed by atoms with E-state index in [-0.39, 0.29) is 0 Å². The lowest BCUT2D eigenvalue weighted by molar-refractivity contribution is 0.782. The summed E-state index contributed by atoms with van der Waals surface area (Å²) in [6.45, 7) is 3.05. The van der Waals surface area contributed by atoms with Gasteiger partial charge in [0.1, 0.15) is 11.6 Å². The number of hydrogen-bond donors (Lipinski definition) is 1. The summed E-state index contributed by atoms with van der Waals surface area (Å²) in [6.07, 6.45) is 4.94. The van der Waals surface area contributed by atoms with E-state index in [0.29, 0.717) is 0 Å². The lowest BCUT2D eigenvalue weighted by atomic mass is 10.3. The molecule has 0 fully saturated rings. The molecule has 2 aromatic heterocycles. The van der Waals surface area contributed by atoms with Gasteiger partial charge in [0.05, 0.1) is 17.3 Å². The van der Waals surface area contributed by atoms with Crippen LogP contribution in [0.3, 0.4) is 0 Å². The molecule has 2 rings (SSSR count). The van der Waals surface area contributed by atoms with E-state index in [2.05, 4.69) is 33.6 Å². The van der Waals surface area contributed by atoms with Gasteiger partial charge >= 0.3 is 0 Å². The van der Waals surface area contributed by atoms with E-state index < -0.39 is 0 Å². The smallest absolute Gasteiger partial charge is 0.163 e. The molecule has 0 saturated heterocycles. The molecule has 0 aliphatic rings. The summed E-state index contributed by atoms with van der Waals surface area (Å²) in [5.41, 5.74) is 0.891. The van der Waals surface area contributed by atoms with Crippen LogP contribution in [0.15, 0.2) is 6.20 Å². The fourth-order valence-electron chi connectivity index (χ4n) is 1.64. The first-order chi connectivity index (χ1) is 8.26. The van der Waals surface area contributed by atoms with Crippen molar-refractivity contribution in [2.45, 2.75) is 19.1 Å². The lowest BCUT2D eigenvalue weighted by Crippen LogP contribution is -2.06. The van der Waals surface area contributed by atoms with Crippen LogP contribution in [-0.2, 0) is 12.8 Å². The Balaban J connectivity index is 2.46. The number of rotatable bonds is 5. The summed E-state index contributed by atoms with van der Waals surface area (Å²) in [6, 6.07) is 0. The van der Waals surface area contributed by atoms with Crippen molar-refractivity contribution in [2.75, 3.05) is 18.1 Å². The minimum Gasteiger partial charge on any atom is -0.369 e. The van der Waals surface area contributed by atoms with Crippen molar-refractivity contribution < 1.29 is 0 Å². The minimum absolute atomic E-state index is 0.821. The van der Waals surface area contributed by atoms with Crippen molar-refractivity contribution in [2.24, 2.45) is 7.05 Å². The molecule has 0 aliphatic carbocycles. The number of aryl methyl sites for hydroxylation is 1. The average molecular weight is 251 g/mol. The molecule has 0 radical (unpaired) electrons. The van der Waals surface area contributed by atoms with Crippen molar-refractivity contribution in [1.82, 2.24) is 19.7 Å². The zero-order chi connectivity index (χ0) is 12.3. The summed E-state index contributed by atoms with van der Waals surface area (Å²) in [5.74, 6) is 2.57. The molecular weight excluding hydrogens is 234 g/mol. The van der Waals surface area contributed by atoms with E-state index in [0.717, 1.165) is 41.4 Å². The van der Waals surface area contributed by atoms with Gasteiger partial charge in [-0.1, -0.05) is 6.92 Å². The quantitative estimate of drug-likeness (QED) is 0.881. The van der Waals surface area contributed by atoms with Crippen LogP contribution in [-0.4, -0.2) is 32.5 Å². The number of anilines is 1. The van der Waals surface area contributed by atoms with Gasteiger partial charge in [0.2, 0.25) is 0 Å². The molecule has 0 saturated carbocycles. The molecule has 6 heteroatoms. The molecule has 2 aromatic rings. The fourth-order valence-corrected chi connectivity index (χ4v) is 2.03. The second-order valence-corrected chi connectivity index (χ2v) is 4.72. The zero-order valence-electron chi connectivity index (χ0n) is 10.4. The minimum atomic E-state index is 0.821. The van der Waals surface area contributed by atoms with Crippen LogP contribution in [0.2, 0.25) is 0 Å². The molecule has 92 valence electrons. The van der Waals surface area contributed by atoms with Crippen molar-refractivity contribution in [1.29, 1.82) is 0 Å². The maximum Gasteiger partial charge on any atom is 0.163 e. The lowest BCUT2D eigenvalue weighted by Gasteiger charge is -2.07. The standard InChI is InChI=1S/C11H17N5S/c1-4-5-12-10-8-6-13-16(2)11(8)15-9(14-10)7-17-3/h6H,4-5,7H2,1-3H3,(H,12,14,15). The molecule has 0 unspecified atom stereocenters. The summed E-state index contributed by atoms with van der Waals surface area (Å²) in [4.78, 5) is 9.07. The average Bonchev–Trinajstić information content (AvgIpc) is 2.69. The molecule has 2 heterocycles. The predicted molar refractivity (Wildman–Crippen MR) is 72.3 cm³/mol. The maximum atomic E-state index is 4.55. The number of nitrogens with zero attached hydrogens (tertiary/aromatic N) is 4. The molecule has 0 aromatic carbocycles. The summed E-state index contributed by atoms with van der Waals surface area (Å²) >= 11 is 1.72. The number of hydrogen-bond acceptors (Lipinski definition) is 5. The van der Waals surface area contributed by atoms with Gasteiger partial charge in [0, 0.05) is 13.6 Å². The molecule has 17 heavy (non-hydrogen) atoms. The van der Waals surface area contributed by atoms with E-state index in [4.69, 9.17) is 0 Å². The highest BCUT2D eigenvalue weighted by Gasteiger charge is 2.10. The van der Waals surface area contributed by atoms with E-state index in [1.54, 1.807) is 16.4 Å². The van der Waals surface area contributed by atoms with Crippen molar-refractivity contribution in [3.63, 3.8) is 0 Å². The molecule has 5 nitrogen and oxygen atoms in total. The normalized spacial score (nSPS) is 11.0. The van der Waals surface area contributed by atoms with Crippen LogP contribution in [0.5, 0.6) is 0 Å². The second kappa shape index (κ2) is 5.35. The molecule has 1 N–H and O–H groups in total. The van der Waals surface area contributed by atoms with Crippen LogP contribution in [0, 0.1) is 0 Å². The van der Waals surface area contributed by atoms with Crippen molar-refractivity contribution in [3.8, 4) is 0 Å². The van der Waals surface area contributed by atoms with E-state index in [9.17, 15) is 0 Å². The molecule has 0 amide bonds. The Morgan fingerprint density at radius 2 is 2.24 bits per heavy atom. The van der Waals surface area contributed by atoms with Gasteiger partial charge in [-0.25, -0.2) is 9.97 Å². The van der Waals surface area contributed by atoms with E-state index in [1.807, 2.05) is 13.2 Å². The van der Waals surface area contributed by atoms with Gasteiger partial charge in [-0.3, -0.25) is 4.68 Å². The Hall–Kier alpha value is -1.30. The van der Waals surface area contributed by atoms with Crippen molar-refractivity contribution in [3.05, 3.63) is 12.0 Å². The number of thioether (sulfide) groups is 1. The van der Waals surface area contributed by atoms with Crippen LogP contribution < -0.4 is 5.32 Å². The van der Waals surface area contributed by atoms with Crippen LogP contribution >= 0.6 is 11.8 Å². The zero-order valence-corrected chi connectivity index (χ0v) is 11.2. The Kier molecular flexibility index (Phi) is 3.83. The topological polar surface area (TPSA) is 55.6 Å². The Labute approximate surface area is 105 Å². The highest BCUT2D eigenvalue weighted by molar-refractivity contribution is 7.97. The molecule has 0 bridgehead atoms. The van der Waals surface area contributed by atoms with Gasteiger partial charge in [-0.05, 0) is 12.7 Å². The Morgan fingerprint density at radius 1 is 1.41 bits per heavy atom. The van der Waals surface area contributed by atoms with Gasteiger partial charge in [0.15, 0.2) is 5.65 Å². The summed E-state index contributed by atoms with van der Waals surface area (Å²) in [7, 11) is 1.90. The number of fused-ring (bicyclic) bond motifs is 1. The van der Waals surface area contributed by atoms with Crippen molar-refractivity contribution >= 4 is 28.6 Å². The Bertz CT molecular complexity index is 508. The monoisotopic (exact) mass is 251 g/mol. The van der Waals surface area contributed by atoms with Gasteiger partial charge in [-0.2, -0.15) is 16.9 Å². The van der Waals surface area contributed by atoms with Crippen LogP contribution in [0.1, 0.15) is 19.2 Å². The number of nitrogens with one attached hydrogen (secondary N) is 1. The first-order valence-corrected chi connectivity index (χ1v) is 7.07. The highest BCUT2D eigenvalue weighted by Crippen LogP contribution is 2.20. The fraction of sp³-hybridized carbons (Fsp3) is 0.545. The highest BCUT2D eigenvalue weighted by atomic mass is 32.2. The maximum absolute atomic E-state index is 4.55. The largest absolute Gasteiger partial charge is 0.369 e. The van der Waals surface area contributed by atoms with E-state index >= 15 is 0 Å². The third kappa shape index (κ3) is 2.52. The first-order valence-electron chi connectivity index (χ1n) is 5.67.